The average Bonchev–Trinajstić information content (AvgIpc) is 2.64. The predicted molar refractivity (Wildman–Crippen MR) is 36.5 cm³/mol. The molecule has 0 radical (unpaired) electrons. The third-order valence-corrected chi connectivity index (χ3v) is 1.43. The van der Waals surface area contributed by atoms with Gasteiger partial charge in [0.15, 0.2) is 6.29 Å². The molecule has 0 aliphatic carbocycles. The fourth-order valence-electron chi connectivity index (χ4n) is 0.563. The van der Waals surface area contributed by atoms with E-state index in [4.69, 9.17) is 14.6 Å². The lowest BCUT2D eigenvalue weighted by molar-refractivity contribution is -0.129. The van der Waals surface area contributed by atoms with Crippen LogP contribution in [-0.2, 0) is 9.47 Å². The maximum Gasteiger partial charge on any atom is 0.156 e. The van der Waals surface area contributed by atoms with E-state index in [9.17, 15) is 0 Å². The monoisotopic (exact) mass is 146 g/mol. The molecule has 3 heteroatoms. The Bertz CT molecular complexity index is 99.0. The molecule has 0 aromatic carbocycles. The van der Waals surface area contributed by atoms with Crippen LogP contribution in [0.3, 0.4) is 0 Å². The largest absolute Gasteiger partial charge is 0.371 e. The van der Waals surface area contributed by atoms with Gasteiger partial charge in [-0.3, -0.25) is 0 Å². The molecule has 1 aliphatic heterocycles. The van der Waals surface area contributed by atoms with Gasteiger partial charge in [0.05, 0.1) is 13.2 Å². The summed E-state index contributed by atoms with van der Waals surface area (Å²) in [6.07, 6.45) is -0.391. The second-order valence-corrected chi connectivity index (χ2v) is 2.92. The minimum absolute atomic E-state index is 0.166. The van der Waals surface area contributed by atoms with Crippen molar-refractivity contribution in [3.05, 3.63) is 0 Å². The van der Waals surface area contributed by atoms with Gasteiger partial charge in [-0.05, 0) is 0 Å². The molecule has 0 aromatic heterocycles. The van der Waals surface area contributed by atoms with Gasteiger partial charge in [-0.2, -0.15) is 0 Å². The summed E-state index contributed by atoms with van der Waals surface area (Å²) in [7, 11) is 0. The van der Waals surface area contributed by atoms with Crippen LogP contribution in [0.15, 0.2) is 0 Å². The summed E-state index contributed by atoms with van der Waals surface area (Å²) in [6.45, 7) is 5.14. The Hall–Kier alpha value is -0.120. The Balaban J connectivity index is 1.99. The zero-order valence-electron chi connectivity index (χ0n) is 6.41. The van der Waals surface area contributed by atoms with E-state index in [-0.39, 0.29) is 12.0 Å². The molecule has 3 nitrogen and oxygen atoms in total. The van der Waals surface area contributed by atoms with Crippen LogP contribution in [0.2, 0.25) is 0 Å². The molecule has 10 heavy (non-hydrogen) atoms. The van der Waals surface area contributed by atoms with Crippen molar-refractivity contribution < 1.29 is 14.6 Å². The number of rotatable bonds is 4. The van der Waals surface area contributed by atoms with Crippen LogP contribution in [0.25, 0.3) is 0 Å². The number of epoxide rings is 1. The Morgan fingerprint density at radius 2 is 2.30 bits per heavy atom. The third kappa shape index (κ3) is 2.64. The molecule has 2 atom stereocenters. The lowest BCUT2D eigenvalue weighted by Gasteiger charge is -2.13. The second-order valence-electron chi connectivity index (χ2n) is 2.92. The number of aliphatic hydroxyl groups is 1. The van der Waals surface area contributed by atoms with Gasteiger partial charge in [-0.25, -0.2) is 0 Å². The van der Waals surface area contributed by atoms with Gasteiger partial charge >= 0.3 is 0 Å². The highest BCUT2D eigenvalue weighted by atomic mass is 16.6. The summed E-state index contributed by atoms with van der Waals surface area (Å²) in [6, 6.07) is 0. The molecule has 1 saturated heterocycles. The van der Waals surface area contributed by atoms with E-state index in [1.54, 1.807) is 0 Å². The van der Waals surface area contributed by atoms with E-state index in [2.05, 4.69) is 0 Å². The van der Waals surface area contributed by atoms with Crippen molar-refractivity contribution in [3.63, 3.8) is 0 Å². The summed E-state index contributed by atoms with van der Waals surface area (Å²) < 4.78 is 9.96. The van der Waals surface area contributed by atoms with Crippen LogP contribution in [0.1, 0.15) is 13.8 Å². The van der Waals surface area contributed by atoms with Gasteiger partial charge in [0.1, 0.15) is 6.10 Å². The van der Waals surface area contributed by atoms with Gasteiger partial charge < -0.3 is 14.6 Å². The van der Waals surface area contributed by atoms with Crippen molar-refractivity contribution >= 4 is 0 Å². The van der Waals surface area contributed by atoms with Gasteiger partial charge in [0, 0.05) is 5.92 Å². The standard InChI is InChI=1S/C7H14O3/c1-5(2)7(8)10-4-6-3-9-6/h5-8H,3-4H2,1-2H3. The summed E-state index contributed by atoms with van der Waals surface area (Å²) in [4.78, 5) is 0. The summed E-state index contributed by atoms with van der Waals surface area (Å²) in [5.41, 5.74) is 0. The molecular formula is C7H14O3. The van der Waals surface area contributed by atoms with Crippen LogP contribution < -0.4 is 0 Å². The molecule has 1 fully saturated rings. The van der Waals surface area contributed by atoms with Crippen LogP contribution in [0.5, 0.6) is 0 Å². The highest BCUT2D eigenvalue weighted by molar-refractivity contribution is 4.67. The van der Waals surface area contributed by atoms with Crippen LogP contribution in [0, 0.1) is 5.92 Å². The van der Waals surface area contributed by atoms with E-state index < -0.39 is 6.29 Å². The summed E-state index contributed by atoms with van der Waals surface area (Å²) >= 11 is 0. The van der Waals surface area contributed by atoms with Gasteiger partial charge in [-0.15, -0.1) is 0 Å². The molecule has 1 N–H and O–H groups in total. The second kappa shape index (κ2) is 3.32. The Morgan fingerprint density at radius 1 is 1.70 bits per heavy atom. The van der Waals surface area contributed by atoms with Crippen LogP contribution in [0.4, 0.5) is 0 Å². The smallest absolute Gasteiger partial charge is 0.156 e. The topological polar surface area (TPSA) is 42.0 Å². The summed E-state index contributed by atoms with van der Waals surface area (Å²) in [5, 5.41) is 9.13. The molecule has 0 spiro atoms. The van der Waals surface area contributed by atoms with Gasteiger partial charge in [-0.1, -0.05) is 13.8 Å². The molecule has 60 valence electrons. The number of hydrogen-bond acceptors (Lipinski definition) is 3. The third-order valence-electron chi connectivity index (χ3n) is 1.43. The highest BCUT2D eigenvalue weighted by Crippen LogP contribution is 2.11. The van der Waals surface area contributed by atoms with Crippen molar-refractivity contribution in [1.82, 2.24) is 0 Å². The maximum atomic E-state index is 9.13. The first kappa shape index (κ1) is 7.98. The fourth-order valence-corrected chi connectivity index (χ4v) is 0.563. The lowest BCUT2D eigenvalue weighted by Crippen LogP contribution is -2.21. The van der Waals surface area contributed by atoms with Gasteiger partial charge in [0.2, 0.25) is 0 Å². The SMILES string of the molecule is CC(C)C(O)OCC1CO1. The maximum absolute atomic E-state index is 9.13. The van der Waals surface area contributed by atoms with Gasteiger partial charge in [0.25, 0.3) is 0 Å². The van der Waals surface area contributed by atoms with Crippen LogP contribution >= 0.6 is 0 Å². The molecule has 0 bridgehead atoms. The van der Waals surface area contributed by atoms with Crippen molar-refractivity contribution in [2.75, 3.05) is 13.2 Å². The summed E-state index contributed by atoms with van der Waals surface area (Å²) in [5.74, 6) is 0.166. The normalized spacial score (nSPS) is 27.0. The molecule has 1 heterocycles. The number of ether oxygens (including phenoxy) is 2. The predicted octanol–water partition coefficient (Wildman–Crippen LogP) is 0.376. The number of hydrogen-bond donors (Lipinski definition) is 1. The van der Waals surface area contributed by atoms with Crippen molar-refractivity contribution in [2.24, 2.45) is 5.92 Å². The van der Waals surface area contributed by atoms with E-state index in [0.29, 0.717) is 6.61 Å². The highest BCUT2D eigenvalue weighted by Gasteiger charge is 2.24. The number of aliphatic hydroxyl groups excluding tert-OH is 1. The quantitative estimate of drug-likeness (QED) is 0.460. The van der Waals surface area contributed by atoms with E-state index in [1.165, 1.54) is 0 Å². The lowest BCUT2D eigenvalue weighted by atomic mass is 10.2. The van der Waals surface area contributed by atoms with Crippen molar-refractivity contribution in [1.29, 1.82) is 0 Å². The molecule has 2 unspecified atom stereocenters. The zero-order chi connectivity index (χ0) is 7.56. The molecule has 0 amide bonds. The molecule has 0 saturated carbocycles. The minimum atomic E-state index is -0.635. The minimum Gasteiger partial charge on any atom is -0.371 e. The Morgan fingerprint density at radius 3 is 2.70 bits per heavy atom. The van der Waals surface area contributed by atoms with E-state index in [1.807, 2.05) is 13.8 Å². The van der Waals surface area contributed by atoms with E-state index in [0.717, 1.165) is 6.61 Å². The average molecular weight is 146 g/mol. The van der Waals surface area contributed by atoms with Crippen molar-refractivity contribution in [3.8, 4) is 0 Å². The zero-order valence-corrected chi connectivity index (χ0v) is 6.41. The Labute approximate surface area is 60.9 Å². The fraction of sp³-hybridized carbons (Fsp3) is 1.00. The molecule has 0 aromatic rings. The van der Waals surface area contributed by atoms with E-state index >= 15 is 0 Å². The van der Waals surface area contributed by atoms with Crippen molar-refractivity contribution in [2.45, 2.75) is 26.2 Å². The first-order chi connectivity index (χ1) is 4.70. The molecule has 1 rings (SSSR count). The first-order valence-corrected chi connectivity index (χ1v) is 3.61. The van der Waals surface area contributed by atoms with Crippen LogP contribution in [-0.4, -0.2) is 30.7 Å². The Kier molecular flexibility index (Phi) is 2.65. The molecular weight excluding hydrogens is 132 g/mol. The first-order valence-electron chi connectivity index (χ1n) is 3.61. The molecule has 1 aliphatic rings.